The number of fused-ring (bicyclic) bond motifs is 1. The van der Waals surface area contributed by atoms with E-state index in [0.29, 0.717) is 39.4 Å². The second kappa shape index (κ2) is 11.5. The smallest absolute Gasteiger partial charge is 0.216 e. The van der Waals surface area contributed by atoms with Crippen LogP contribution in [-0.2, 0) is 13.0 Å². The molecule has 5 rings (SSSR count). The molecule has 3 heterocycles. The molecule has 1 radical (unpaired) electrons. The van der Waals surface area contributed by atoms with Gasteiger partial charge < -0.3 is 14.6 Å². The number of aliphatic hydroxyl groups excluding tert-OH is 1. The highest BCUT2D eigenvalue weighted by Crippen LogP contribution is 2.43. The van der Waals surface area contributed by atoms with E-state index in [-0.39, 0.29) is 6.10 Å². The maximum absolute atomic E-state index is 9.84. The fourth-order valence-electron chi connectivity index (χ4n) is 5.12. The molecule has 6 nitrogen and oxygen atoms in total. The Morgan fingerprint density at radius 1 is 1.03 bits per heavy atom. The van der Waals surface area contributed by atoms with Crippen molar-refractivity contribution in [3.8, 4) is 45.3 Å². The lowest BCUT2D eigenvalue weighted by molar-refractivity contribution is 0.118. The quantitative estimate of drug-likeness (QED) is 0.269. The summed E-state index contributed by atoms with van der Waals surface area (Å²) >= 11 is 14.0. The van der Waals surface area contributed by atoms with Crippen molar-refractivity contribution in [2.45, 2.75) is 26.0 Å². The topological polar surface area (TPSA) is 67.7 Å². The number of pyridine rings is 2. The predicted molar refractivity (Wildman–Crippen MR) is 157 cm³/mol. The standard InChI is InChI=1S/C31H30Cl2N3O3/c1-18-8-9-26(35-31(18)39-4)24-7-5-6-22(28(24)32)23-10-12-34-30(29(23)33)21-14-20-11-13-36(16-19(2)37)17-25(20)27(15-21)38-3/h5-10,12,14-15,19,37H,1,11,13,16-17H2,2-4H3/t19-/m0/s1. The van der Waals surface area contributed by atoms with E-state index in [1.54, 1.807) is 20.4 Å². The van der Waals surface area contributed by atoms with Crippen LogP contribution in [0.2, 0.25) is 10.0 Å². The molecule has 8 heteroatoms. The van der Waals surface area contributed by atoms with Gasteiger partial charge in [-0.15, -0.1) is 0 Å². The number of nitrogens with zero attached hydrogens (tertiary/aromatic N) is 3. The largest absolute Gasteiger partial charge is 0.496 e. The number of hydrogen-bond donors (Lipinski definition) is 1. The van der Waals surface area contributed by atoms with Gasteiger partial charge in [0.15, 0.2) is 0 Å². The van der Waals surface area contributed by atoms with Gasteiger partial charge in [-0.25, -0.2) is 4.98 Å². The number of methoxy groups -OCH3 is 2. The lowest BCUT2D eigenvalue weighted by Crippen LogP contribution is -2.35. The Labute approximate surface area is 239 Å². The van der Waals surface area contributed by atoms with Gasteiger partial charge in [-0.2, -0.15) is 0 Å². The van der Waals surface area contributed by atoms with Crippen molar-refractivity contribution < 1.29 is 14.6 Å². The Morgan fingerprint density at radius 3 is 2.54 bits per heavy atom. The van der Waals surface area contributed by atoms with Crippen LogP contribution in [0, 0.1) is 6.92 Å². The third kappa shape index (κ3) is 5.48. The van der Waals surface area contributed by atoms with E-state index >= 15 is 0 Å². The van der Waals surface area contributed by atoms with Gasteiger partial charge in [0.1, 0.15) is 5.75 Å². The Morgan fingerprint density at radius 2 is 1.79 bits per heavy atom. The Balaban J connectivity index is 1.55. The van der Waals surface area contributed by atoms with E-state index in [1.165, 1.54) is 5.56 Å². The van der Waals surface area contributed by atoms with Crippen LogP contribution in [0.5, 0.6) is 11.6 Å². The number of aromatic nitrogens is 2. The first kappa shape index (κ1) is 27.4. The summed E-state index contributed by atoms with van der Waals surface area (Å²) in [5, 5.41) is 10.9. The van der Waals surface area contributed by atoms with Gasteiger partial charge in [0, 0.05) is 59.2 Å². The van der Waals surface area contributed by atoms with E-state index in [9.17, 15) is 5.11 Å². The SMILES string of the molecule is [CH2]c1ccc(-c2cccc(-c3ccnc(-c4cc5c(c(OC)c4)CN(C[C@H](C)O)CC5)c3Cl)c2Cl)nc1OC. The molecule has 1 aliphatic heterocycles. The Kier molecular flexibility index (Phi) is 8.10. The van der Waals surface area contributed by atoms with Crippen molar-refractivity contribution in [3.05, 3.63) is 88.4 Å². The molecule has 1 atom stereocenters. The number of rotatable bonds is 7. The average molecular weight is 564 g/mol. The molecule has 1 aliphatic rings. The molecule has 0 aliphatic carbocycles. The molecule has 0 spiro atoms. The molecule has 1 N–H and O–H groups in total. The molecule has 0 unspecified atom stereocenters. The highest BCUT2D eigenvalue weighted by Gasteiger charge is 2.24. The second-order valence-corrected chi connectivity index (χ2v) is 10.5. The molecule has 0 bridgehead atoms. The van der Waals surface area contributed by atoms with Crippen molar-refractivity contribution in [3.63, 3.8) is 0 Å². The number of ether oxygens (including phenoxy) is 2. The fraction of sp³-hybridized carbons (Fsp3) is 0.258. The number of hydrogen-bond acceptors (Lipinski definition) is 6. The van der Waals surface area contributed by atoms with Gasteiger partial charge >= 0.3 is 0 Å². The summed E-state index contributed by atoms with van der Waals surface area (Å²) in [6, 6.07) is 15.5. The minimum Gasteiger partial charge on any atom is -0.496 e. The molecule has 201 valence electrons. The third-order valence-electron chi connectivity index (χ3n) is 6.98. The van der Waals surface area contributed by atoms with Crippen molar-refractivity contribution in [2.24, 2.45) is 0 Å². The van der Waals surface area contributed by atoms with Gasteiger partial charge in [0.2, 0.25) is 5.88 Å². The van der Waals surface area contributed by atoms with Crippen LogP contribution < -0.4 is 9.47 Å². The molecular weight excluding hydrogens is 533 g/mol. The van der Waals surface area contributed by atoms with E-state index in [1.807, 2.05) is 49.4 Å². The van der Waals surface area contributed by atoms with Crippen LogP contribution in [0.25, 0.3) is 33.6 Å². The molecule has 0 fully saturated rings. The minimum atomic E-state index is -0.381. The number of aliphatic hydroxyl groups is 1. The summed E-state index contributed by atoms with van der Waals surface area (Å²) in [6.45, 7) is 7.97. The second-order valence-electron chi connectivity index (χ2n) is 9.70. The van der Waals surface area contributed by atoms with Gasteiger partial charge in [-0.1, -0.05) is 47.5 Å². The summed E-state index contributed by atoms with van der Waals surface area (Å²) in [7, 11) is 3.24. The first-order chi connectivity index (χ1) is 18.8. The van der Waals surface area contributed by atoms with Crippen LogP contribution >= 0.6 is 23.2 Å². The minimum absolute atomic E-state index is 0.381. The van der Waals surface area contributed by atoms with E-state index in [2.05, 4.69) is 27.9 Å². The molecule has 39 heavy (non-hydrogen) atoms. The first-order valence-corrected chi connectivity index (χ1v) is 13.5. The summed E-state index contributed by atoms with van der Waals surface area (Å²) in [5.74, 6) is 1.24. The fourth-order valence-corrected chi connectivity index (χ4v) is 5.77. The summed E-state index contributed by atoms with van der Waals surface area (Å²) < 4.78 is 11.1. The van der Waals surface area contributed by atoms with Gasteiger partial charge in [-0.05, 0) is 50.1 Å². The molecule has 0 saturated heterocycles. The maximum atomic E-state index is 9.84. The van der Waals surface area contributed by atoms with E-state index in [4.69, 9.17) is 32.7 Å². The predicted octanol–water partition coefficient (Wildman–Crippen LogP) is 6.72. The summed E-state index contributed by atoms with van der Waals surface area (Å²) in [5.41, 5.74) is 7.56. The number of halogens is 2. The van der Waals surface area contributed by atoms with Crippen LogP contribution in [0.15, 0.2) is 54.7 Å². The summed E-state index contributed by atoms with van der Waals surface area (Å²) in [6.07, 6.45) is 2.21. The number of β-amino-alcohol motifs (C(OH)–C–C–N with tert-alkyl or cyclic N) is 1. The zero-order valence-corrected chi connectivity index (χ0v) is 23.7. The lowest BCUT2D eigenvalue weighted by Gasteiger charge is -2.31. The summed E-state index contributed by atoms with van der Waals surface area (Å²) in [4.78, 5) is 11.5. The highest BCUT2D eigenvalue weighted by molar-refractivity contribution is 6.39. The normalized spacial score (nSPS) is 14.1. The van der Waals surface area contributed by atoms with Crippen molar-refractivity contribution in [1.29, 1.82) is 0 Å². The monoisotopic (exact) mass is 562 g/mol. The molecule has 4 aromatic rings. The lowest BCUT2D eigenvalue weighted by atomic mass is 9.93. The van der Waals surface area contributed by atoms with E-state index in [0.717, 1.165) is 53.1 Å². The van der Waals surface area contributed by atoms with Gasteiger partial charge in [-0.3, -0.25) is 9.88 Å². The Hall–Kier alpha value is -3.16. The third-order valence-corrected chi connectivity index (χ3v) is 7.77. The molecule has 0 amide bonds. The van der Waals surface area contributed by atoms with Gasteiger partial charge in [0.05, 0.1) is 41.8 Å². The van der Waals surface area contributed by atoms with Gasteiger partial charge in [0.25, 0.3) is 0 Å². The zero-order chi connectivity index (χ0) is 27.7. The average Bonchev–Trinajstić information content (AvgIpc) is 2.93. The Bertz CT molecular complexity index is 1510. The number of benzene rings is 2. The zero-order valence-electron chi connectivity index (χ0n) is 22.2. The molecular formula is C31H30Cl2N3O3. The molecule has 2 aromatic carbocycles. The van der Waals surface area contributed by atoms with Crippen LogP contribution in [0.3, 0.4) is 0 Å². The maximum Gasteiger partial charge on any atom is 0.216 e. The van der Waals surface area contributed by atoms with Crippen LogP contribution in [0.1, 0.15) is 23.6 Å². The van der Waals surface area contributed by atoms with Crippen LogP contribution in [0.4, 0.5) is 0 Å². The van der Waals surface area contributed by atoms with Crippen LogP contribution in [-0.4, -0.2) is 53.4 Å². The highest BCUT2D eigenvalue weighted by atomic mass is 35.5. The van der Waals surface area contributed by atoms with Crippen molar-refractivity contribution >= 4 is 23.2 Å². The molecule has 0 saturated carbocycles. The van der Waals surface area contributed by atoms with Crippen molar-refractivity contribution in [1.82, 2.24) is 14.9 Å². The van der Waals surface area contributed by atoms with E-state index < -0.39 is 0 Å². The van der Waals surface area contributed by atoms with Crippen molar-refractivity contribution in [2.75, 3.05) is 27.3 Å². The first-order valence-electron chi connectivity index (χ1n) is 12.7. The molecule has 2 aromatic heterocycles.